The Hall–Kier alpha value is -1.11. The van der Waals surface area contributed by atoms with Crippen LogP contribution in [0.1, 0.15) is 17.2 Å². The summed E-state index contributed by atoms with van der Waals surface area (Å²) < 4.78 is 0. The van der Waals surface area contributed by atoms with Crippen molar-refractivity contribution < 1.29 is 0 Å². The Kier molecular flexibility index (Phi) is 4.50. The third-order valence-corrected chi connectivity index (χ3v) is 4.22. The van der Waals surface area contributed by atoms with Crippen molar-refractivity contribution in [1.82, 2.24) is 4.90 Å². The van der Waals surface area contributed by atoms with Gasteiger partial charge in [0.1, 0.15) is 6.04 Å². The van der Waals surface area contributed by atoms with Gasteiger partial charge in [-0.1, -0.05) is 43.9 Å². The van der Waals surface area contributed by atoms with Gasteiger partial charge < -0.3 is 0 Å². The highest BCUT2D eigenvalue weighted by atomic mass is 28.3. The molecule has 0 aliphatic heterocycles. The van der Waals surface area contributed by atoms with E-state index in [1.165, 1.54) is 5.56 Å². The molecule has 0 saturated carbocycles. The highest BCUT2D eigenvalue weighted by Crippen LogP contribution is 2.23. The molecule has 0 bridgehead atoms. The number of nitrogens with zero attached hydrogens (tertiary/aromatic N) is 2. The molecule has 0 radical (unpaired) electrons. The molecule has 0 spiro atoms. The van der Waals surface area contributed by atoms with Gasteiger partial charge in [0.15, 0.2) is 0 Å². The van der Waals surface area contributed by atoms with Gasteiger partial charge in [0.05, 0.1) is 14.1 Å². The monoisotopic (exact) mass is 246 g/mol. The van der Waals surface area contributed by atoms with Crippen LogP contribution in [0.3, 0.4) is 0 Å². The first-order valence-corrected chi connectivity index (χ1v) is 9.71. The summed E-state index contributed by atoms with van der Waals surface area (Å²) in [5.74, 6) is 0. The lowest BCUT2D eigenvalue weighted by Crippen LogP contribution is -2.39. The first-order chi connectivity index (χ1) is 7.85. The highest BCUT2D eigenvalue weighted by molar-refractivity contribution is 6.76. The van der Waals surface area contributed by atoms with Crippen molar-refractivity contribution in [3.63, 3.8) is 0 Å². The van der Waals surface area contributed by atoms with Gasteiger partial charge in [-0.25, -0.2) is 0 Å². The largest absolute Gasteiger partial charge is 0.290 e. The molecule has 0 N–H and O–H groups in total. The Bertz CT molecular complexity index is 415. The zero-order chi connectivity index (χ0) is 13.1. The van der Waals surface area contributed by atoms with Gasteiger partial charge >= 0.3 is 0 Å². The molecule has 1 atom stereocenters. The molecule has 0 saturated heterocycles. The average Bonchev–Trinajstić information content (AvgIpc) is 2.19. The Morgan fingerprint density at radius 1 is 1.29 bits per heavy atom. The molecule has 0 fully saturated rings. The van der Waals surface area contributed by atoms with Crippen molar-refractivity contribution in [3.8, 4) is 6.07 Å². The Labute approximate surface area is 106 Å². The van der Waals surface area contributed by atoms with E-state index in [1.54, 1.807) is 0 Å². The minimum absolute atomic E-state index is 0.122. The van der Waals surface area contributed by atoms with Crippen LogP contribution in [0.15, 0.2) is 24.3 Å². The maximum absolute atomic E-state index is 9.39. The molecule has 1 aromatic carbocycles. The zero-order valence-corrected chi connectivity index (χ0v) is 12.5. The summed E-state index contributed by atoms with van der Waals surface area (Å²) in [5, 5.41) is 9.39. The second-order valence-corrected chi connectivity index (χ2v) is 11.3. The van der Waals surface area contributed by atoms with Gasteiger partial charge in [0.2, 0.25) is 0 Å². The summed E-state index contributed by atoms with van der Waals surface area (Å²) in [4.78, 5) is 2.19. The third-order valence-electron chi connectivity index (χ3n) is 2.77. The maximum atomic E-state index is 9.39. The molecule has 0 aliphatic carbocycles. The van der Waals surface area contributed by atoms with Gasteiger partial charge in [-0.15, -0.1) is 0 Å². The normalized spacial score (nSPS) is 13.5. The number of rotatable bonds is 4. The summed E-state index contributed by atoms with van der Waals surface area (Å²) in [6.07, 6.45) is 1.04. The molecular formula is C14H22N2Si. The van der Waals surface area contributed by atoms with Crippen LogP contribution in [0.25, 0.3) is 0 Å². The second-order valence-electron chi connectivity index (χ2n) is 5.86. The van der Waals surface area contributed by atoms with E-state index in [-0.39, 0.29) is 6.04 Å². The maximum Gasteiger partial charge on any atom is 0.123 e. The zero-order valence-electron chi connectivity index (χ0n) is 11.5. The molecule has 92 valence electrons. The number of hydrogen-bond donors (Lipinski definition) is 0. The highest BCUT2D eigenvalue weighted by Gasteiger charge is 2.23. The Morgan fingerprint density at radius 2 is 1.88 bits per heavy atom. The fraction of sp³-hybridized carbons (Fsp3) is 0.500. The van der Waals surface area contributed by atoms with Crippen LogP contribution in [0.5, 0.6) is 0 Å². The molecule has 17 heavy (non-hydrogen) atoms. The van der Waals surface area contributed by atoms with Gasteiger partial charge in [-0.05, 0) is 31.3 Å². The molecule has 1 aromatic rings. The van der Waals surface area contributed by atoms with Crippen molar-refractivity contribution in [1.29, 1.82) is 5.26 Å². The molecule has 0 aliphatic rings. The van der Waals surface area contributed by atoms with Crippen LogP contribution in [0.4, 0.5) is 0 Å². The van der Waals surface area contributed by atoms with E-state index in [0.717, 1.165) is 11.7 Å². The van der Waals surface area contributed by atoms with E-state index in [2.05, 4.69) is 56.7 Å². The van der Waals surface area contributed by atoms with Gasteiger partial charge in [-0.2, -0.15) is 5.26 Å². The van der Waals surface area contributed by atoms with E-state index in [4.69, 9.17) is 0 Å². The van der Waals surface area contributed by atoms with Crippen LogP contribution >= 0.6 is 0 Å². The summed E-state index contributed by atoms with van der Waals surface area (Å²) in [7, 11) is 0.879. The minimum Gasteiger partial charge on any atom is -0.290 e. The van der Waals surface area contributed by atoms with E-state index in [9.17, 15) is 5.26 Å². The van der Waals surface area contributed by atoms with Crippen LogP contribution in [-0.4, -0.2) is 26.2 Å². The first-order valence-electron chi connectivity index (χ1n) is 6.00. The lowest BCUT2D eigenvalue weighted by molar-refractivity contribution is 0.333. The molecule has 0 aromatic heterocycles. The predicted octanol–water partition coefficient (Wildman–Crippen LogP) is 3.37. The van der Waals surface area contributed by atoms with Crippen LogP contribution in [-0.2, 0) is 0 Å². The third kappa shape index (κ3) is 3.99. The van der Waals surface area contributed by atoms with E-state index >= 15 is 0 Å². The lowest BCUT2D eigenvalue weighted by atomic mass is 10.0. The SMILES string of the molecule is Cc1ccccc1C(C#N)N(C)C[Si](C)(C)C. The number of aryl methyl sites for hydroxylation is 1. The molecular weight excluding hydrogens is 224 g/mol. The fourth-order valence-corrected chi connectivity index (χ4v) is 3.82. The van der Waals surface area contributed by atoms with Crippen molar-refractivity contribution in [2.24, 2.45) is 0 Å². The molecule has 1 unspecified atom stereocenters. The number of hydrogen-bond acceptors (Lipinski definition) is 2. The smallest absolute Gasteiger partial charge is 0.123 e. The van der Waals surface area contributed by atoms with Crippen molar-refractivity contribution in [2.75, 3.05) is 13.2 Å². The standard InChI is InChI=1S/C14H22N2Si/c1-12-8-6-7-9-13(12)14(10-15)16(2)11-17(3,4)5/h6-9,14H,11H2,1-5H3. The number of nitriles is 1. The minimum atomic E-state index is -1.17. The topological polar surface area (TPSA) is 27.0 Å². The van der Waals surface area contributed by atoms with Crippen LogP contribution in [0.2, 0.25) is 19.6 Å². The van der Waals surface area contributed by atoms with Crippen LogP contribution in [0, 0.1) is 18.3 Å². The van der Waals surface area contributed by atoms with Crippen molar-refractivity contribution >= 4 is 8.07 Å². The molecule has 0 amide bonds. The predicted molar refractivity (Wildman–Crippen MR) is 75.5 cm³/mol. The summed E-state index contributed by atoms with van der Waals surface area (Å²) in [6.45, 7) is 9.06. The van der Waals surface area contributed by atoms with E-state index in [0.29, 0.717) is 0 Å². The summed E-state index contributed by atoms with van der Waals surface area (Å²) in [6, 6.07) is 10.5. The molecule has 3 heteroatoms. The quantitative estimate of drug-likeness (QED) is 0.762. The average molecular weight is 246 g/mol. The molecule has 2 nitrogen and oxygen atoms in total. The summed E-state index contributed by atoms with van der Waals surface area (Å²) >= 11 is 0. The number of benzene rings is 1. The van der Waals surface area contributed by atoms with Crippen molar-refractivity contribution in [3.05, 3.63) is 35.4 Å². The fourth-order valence-electron chi connectivity index (χ4n) is 2.14. The second kappa shape index (κ2) is 5.48. The van der Waals surface area contributed by atoms with Gasteiger partial charge in [0.25, 0.3) is 0 Å². The summed E-state index contributed by atoms with van der Waals surface area (Å²) in [5.41, 5.74) is 2.33. The molecule has 0 heterocycles. The lowest BCUT2D eigenvalue weighted by Gasteiger charge is -2.29. The van der Waals surface area contributed by atoms with E-state index in [1.807, 2.05) is 12.1 Å². The Morgan fingerprint density at radius 3 is 2.35 bits per heavy atom. The first kappa shape index (κ1) is 13.9. The Balaban J connectivity index is 2.94. The van der Waals surface area contributed by atoms with Gasteiger partial charge in [-0.3, -0.25) is 4.90 Å². The van der Waals surface area contributed by atoms with Crippen molar-refractivity contribution in [2.45, 2.75) is 32.6 Å². The molecule has 1 rings (SSSR count). The van der Waals surface area contributed by atoms with Crippen LogP contribution < -0.4 is 0 Å². The van der Waals surface area contributed by atoms with E-state index < -0.39 is 8.07 Å². The van der Waals surface area contributed by atoms with Gasteiger partial charge in [0, 0.05) is 0 Å².